The van der Waals surface area contributed by atoms with E-state index in [0.29, 0.717) is 40.0 Å². The molecule has 2 aromatic carbocycles. The predicted molar refractivity (Wildman–Crippen MR) is 118 cm³/mol. The fraction of sp³-hybridized carbons (Fsp3) is 0.261. The Kier molecular flexibility index (Phi) is 5.98. The standard InChI is InChI=1S/C23H24N4O5/c1-5-32-22(28)18-19(14-9-7-6-8-10-14)26-23-24-13-25-27(23)20(18)15-11-16(29-2)21(31-4)17(12-15)30-3/h6-13,20H,5H2,1-4H3,(H,24,25,26)/t20-/m0/s1. The molecule has 0 aliphatic carbocycles. The van der Waals surface area contributed by atoms with Crippen LogP contribution in [0.25, 0.3) is 5.70 Å². The number of ether oxygens (including phenoxy) is 4. The lowest BCUT2D eigenvalue weighted by atomic mass is 9.92. The lowest BCUT2D eigenvalue weighted by Gasteiger charge is -2.30. The summed E-state index contributed by atoms with van der Waals surface area (Å²) in [6.07, 6.45) is 1.43. The van der Waals surface area contributed by atoms with Crippen molar-refractivity contribution in [3.8, 4) is 17.2 Å². The average molecular weight is 436 g/mol. The second-order valence-corrected chi connectivity index (χ2v) is 6.89. The molecule has 1 aromatic heterocycles. The highest BCUT2D eigenvalue weighted by Gasteiger charge is 2.37. The molecule has 0 amide bonds. The van der Waals surface area contributed by atoms with Crippen LogP contribution in [0.15, 0.2) is 54.4 Å². The average Bonchev–Trinajstić information content (AvgIpc) is 3.31. The van der Waals surface area contributed by atoms with E-state index in [-0.39, 0.29) is 6.61 Å². The highest BCUT2D eigenvalue weighted by atomic mass is 16.5. The molecule has 166 valence electrons. The molecule has 1 N–H and O–H groups in total. The number of hydrogen-bond acceptors (Lipinski definition) is 8. The maximum atomic E-state index is 13.3. The molecular formula is C23H24N4O5. The topological polar surface area (TPSA) is 96.7 Å². The second-order valence-electron chi connectivity index (χ2n) is 6.89. The second kappa shape index (κ2) is 9.01. The van der Waals surface area contributed by atoms with Crippen LogP contribution in [-0.2, 0) is 9.53 Å². The smallest absolute Gasteiger partial charge is 0.338 e. The van der Waals surface area contributed by atoms with Crippen molar-refractivity contribution in [2.45, 2.75) is 13.0 Å². The van der Waals surface area contributed by atoms with Crippen LogP contribution < -0.4 is 19.5 Å². The van der Waals surface area contributed by atoms with E-state index < -0.39 is 12.0 Å². The van der Waals surface area contributed by atoms with Gasteiger partial charge in [0.05, 0.1) is 39.2 Å². The summed E-state index contributed by atoms with van der Waals surface area (Å²) in [5, 5.41) is 7.62. The van der Waals surface area contributed by atoms with Crippen LogP contribution in [0.1, 0.15) is 24.1 Å². The summed E-state index contributed by atoms with van der Waals surface area (Å²) in [4.78, 5) is 17.6. The maximum Gasteiger partial charge on any atom is 0.338 e. The van der Waals surface area contributed by atoms with Gasteiger partial charge in [-0.05, 0) is 30.2 Å². The fourth-order valence-corrected chi connectivity index (χ4v) is 3.79. The van der Waals surface area contributed by atoms with Crippen LogP contribution in [0.2, 0.25) is 0 Å². The third-order valence-corrected chi connectivity index (χ3v) is 5.16. The summed E-state index contributed by atoms with van der Waals surface area (Å²) in [6.45, 7) is 2.00. The molecule has 2 heterocycles. The summed E-state index contributed by atoms with van der Waals surface area (Å²) in [7, 11) is 4.63. The van der Waals surface area contributed by atoms with Gasteiger partial charge in [-0.25, -0.2) is 9.48 Å². The Bertz CT molecular complexity index is 1130. The van der Waals surface area contributed by atoms with Gasteiger partial charge in [0.25, 0.3) is 0 Å². The third kappa shape index (κ3) is 3.62. The van der Waals surface area contributed by atoms with E-state index in [0.717, 1.165) is 5.56 Å². The zero-order valence-corrected chi connectivity index (χ0v) is 18.3. The quantitative estimate of drug-likeness (QED) is 0.564. The van der Waals surface area contributed by atoms with E-state index in [2.05, 4.69) is 15.4 Å². The highest BCUT2D eigenvalue weighted by molar-refractivity contribution is 6.02. The first-order valence-electron chi connectivity index (χ1n) is 10.1. The summed E-state index contributed by atoms with van der Waals surface area (Å²) in [6, 6.07) is 12.5. The van der Waals surface area contributed by atoms with Gasteiger partial charge in [-0.15, -0.1) is 0 Å². The number of benzene rings is 2. The number of fused-ring (bicyclic) bond motifs is 1. The molecule has 0 saturated heterocycles. The molecule has 1 aliphatic rings. The minimum atomic E-state index is -0.642. The van der Waals surface area contributed by atoms with Gasteiger partial charge in [-0.2, -0.15) is 10.1 Å². The molecule has 0 spiro atoms. The number of carbonyl (C=O) groups excluding carboxylic acids is 1. The van der Waals surface area contributed by atoms with Gasteiger partial charge in [0.1, 0.15) is 12.4 Å². The van der Waals surface area contributed by atoms with Crippen molar-refractivity contribution in [2.75, 3.05) is 33.3 Å². The molecule has 9 nitrogen and oxygen atoms in total. The van der Waals surface area contributed by atoms with E-state index in [1.54, 1.807) is 38.0 Å². The van der Waals surface area contributed by atoms with E-state index >= 15 is 0 Å². The molecule has 0 saturated carbocycles. The summed E-state index contributed by atoms with van der Waals surface area (Å²) >= 11 is 0. The molecule has 0 radical (unpaired) electrons. The zero-order valence-electron chi connectivity index (χ0n) is 18.3. The van der Waals surface area contributed by atoms with Crippen molar-refractivity contribution in [1.29, 1.82) is 0 Å². The van der Waals surface area contributed by atoms with Crippen LogP contribution in [0.4, 0.5) is 5.95 Å². The first-order valence-corrected chi connectivity index (χ1v) is 10.1. The zero-order chi connectivity index (χ0) is 22.7. The van der Waals surface area contributed by atoms with Crippen LogP contribution >= 0.6 is 0 Å². The lowest BCUT2D eigenvalue weighted by Crippen LogP contribution is -2.30. The van der Waals surface area contributed by atoms with Crippen molar-refractivity contribution in [3.05, 3.63) is 65.5 Å². The number of nitrogens with one attached hydrogen (secondary N) is 1. The number of carbonyl (C=O) groups is 1. The lowest BCUT2D eigenvalue weighted by molar-refractivity contribution is -0.138. The summed E-state index contributed by atoms with van der Waals surface area (Å²) in [5.74, 6) is 1.42. The normalized spacial score (nSPS) is 14.9. The van der Waals surface area contributed by atoms with E-state index in [1.807, 2.05) is 30.3 Å². The van der Waals surface area contributed by atoms with Crippen molar-refractivity contribution >= 4 is 17.6 Å². The molecular weight excluding hydrogens is 412 g/mol. The first kappa shape index (κ1) is 21.2. The van der Waals surface area contributed by atoms with Crippen molar-refractivity contribution < 1.29 is 23.7 Å². The maximum absolute atomic E-state index is 13.3. The van der Waals surface area contributed by atoms with Crippen LogP contribution in [0.3, 0.4) is 0 Å². The minimum absolute atomic E-state index is 0.233. The van der Waals surface area contributed by atoms with Crippen LogP contribution in [-0.4, -0.2) is 48.7 Å². The molecule has 0 unspecified atom stereocenters. The van der Waals surface area contributed by atoms with Crippen LogP contribution in [0, 0.1) is 0 Å². The Morgan fingerprint density at radius 2 is 1.75 bits per heavy atom. The molecule has 0 bridgehead atoms. The number of aromatic nitrogens is 3. The SMILES string of the molecule is CCOC(=O)C1=C(c2ccccc2)Nc2ncnn2[C@H]1c1cc(OC)c(OC)c(OC)c1. The Balaban J connectivity index is 2.00. The number of anilines is 1. The summed E-state index contributed by atoms with van der Waals surface area (Å²) < 4.78 is 23.6. The van der Waals surface area contributed by atoms with Gasteiger partial charge in [0.15, 0.2) is 11.5 Å². The monoisotopic (exact) mass is 436 g/mol. The molecule has 9 heteroatoms. The molecule has 1 aliphatic heterocycles. The van der Waals surface area contributed by atoms with Gasteiger partial charge >= 0.3 is 5.97 Å². The van der Waals surface area contributed by atoms with Gasteiger partial charge in [-0.1, -0.05) is 30.3 Å². The van der Waals surface area contributed by atoms with Gasteiger partial charge < -0.3 is 24.3 Å². The third-order valence-electron chi connectivity index (χ3n) is 5.16. The van der Waals surface area contributed by atoms with Crippen molar-refractivity contribution in [3.63, 3.8) is 0 Å². The number of nitrogens with zero attached hydrogens (tertiary/aromatic N) is 3. The van der Waals surface area contributed by atoms with E-state index in [4.69, 9.17) is 18.9 Å². The molecule has 0 fully saturated rings. The predicted octanol–water partition coefficient (Wildman–Crippen LogP) is 3.29. The first-order chi connectivity index (χ1) is 15.6. The van der Waals surface area contributed by atoms with Gasteiger partial charge in [-0.3, -0.25) is 0 Å². The van der Waals surface area contributed by atoms with Crippen molar-refractivity contribution in [1.82, 2.24) is 14.8 Å². The molecule has 4 rings (SSSR count). The summed E-state index contributed by atoms with van der Waals surface area (Å²) in [5.41, 5.74) is 2.51. The van der Waals surface area contributed by atoms with Gasteiger partial charge in [0, 0.05) is 0 Å². The molecule has 1 atom stereocenters. The number of esters is 1. The minimum Gasteiger partial charge on any atom is -0.493 e. The number of rotatable bonds is 7. The largest absolute Gasteiger partial charge is 0.493 e. The van der Waals surface area contributed by atoms with Crippen molar-refractivity contribution in [2.24, 2.45) is 0 Å². The Labute approximate surface area is 185 Å². The fourth-order valence-electron chi connectivity index (χ4n) is 3.79. The van der Waals surface area contributed by atoms with E-state index in [1.165, 1.54) is 13.4 Å². The van der Waals surface area contributed by atoms with E-state index in [9.17, 15) is 4.79 Å². The van der Waals surface area contributed by atoms with Gasteiger partial charge in [0.2, 0.25) is 11.7 Å². The van der Waals surface area contributed by atoms with Crippen LogP contribution in [0.5, 0.6) is 17.2 Å². The Hall–Kier alpha value is -4.01. The Morgan fingerprint density at radius 3 is 2.34 bits per heavy atom. The Morgan fingerprint density at radius 1 is 1.06 bits per heavy atom. The number of methoxy groups -OCH3 is 3. The molecule has 3 aromatic rings. The highest BCUT2D eigenvalue weighted by Crippen LogP contribution is 2.45. The molecule has 32 heavy (non-hydrogen) atoms. The number of hydrogen-bond donors (Lipinski definition) is 1.